The summed E-state index contributed by atoms with van der Waals surface area (Å²) >= 11 is 0. The minimum atomic E-state index is -0.981. The van der Waals surface area contributed by atoms with Crippen molar-refractivity contribution in [3.63, 3.8) is 0 Å². The Hall–Kier alpha value is -3.13. The molecule has 2 nitrogen and oxygen atoms in total. The molecule has 0 atom stereocenters. The van der Waals surface area contributed by atoms with Crippen molar-refractivity contribution in [2.45, 2.75) is 0 Å². The van der Waals surface area contributed by atoms with E-state index in [2.05, 4.69) is 26.3 Å². The molecule has 2 aromatic carbocycles. The van der Waals surface area contributed by atoms with Crippen molar-refractivity contribution in [1.82, 2.24) is 0 Å². The number of carbonyl (C=O) groups is 1. The van der Waals surface area contributed by atoms with E-state index in [0.29, 0.717) is 0 Å². The molecule has 0 aliphatic rings. The number of hydrogen-bond donors (Lipinski definition) is 1. The molecule has 0 aliphatic heterocycles. The summed E-state index contributed by atoms with van der Waals surface area (Å²) in [4.78, 5) is 9.25. The van der Waals surface area contributed by atoms with Gasteiger partial charge in [-0.15, -0.1) is 0 Å². The fraction of sp³-hybridized carbons (Fsp3) is 0. The highest BCUT2D eigenvalue weighted by molar-refractivity contribution is 5.78. The van der Waals surface area contributed by atoms with Crippen molar-refractivity contribution in [3.8, 4) is 0 Å². The van der Waals surface area contributed by atoms with Gasteiger partial charge in [0, 0.05) is 6.08 Å². The predicted octanol–water partition coefficient (Wildman–Crippen LogP) is 5.56. The summed E-state index contributed by atoms with van der Waals surface area (Å²) in [5.74, 6) is -0.981. The summed E-state index contributed by atoms with van der Waals surface area (Å²) in [7, 11) is 0. The van der Waals surface area contributed by atoms with E-state index in [9.17, 15) is 4.79 Å². The van der Waals surface area contributed by atoms with Crippen molar-refractivity contribution in [2.24, 2.45) is 0 Å². The highest BCUT2D eigenvalue weighted by atomic mass is 16.4. The minimum absolute atomic E-state index is 0.833. The molecule has 0 aromatic heterocycles. The molecule has 0 heterocycles. The van der Waals surface area contributed by atoms with Gasteiger partial charge in [-0.05, 0) is 16.7 Å². The lowest BCUT2D eigenvalue weighted by molar-refractivity contribution is -0.131. The highest BCUT2D eigenvalue weighted by Crippen LogP contribution is 2.10. The van der Waals surface area contributed by atoms with Crippen molar-refractivity contribution in [2.75, 3.05) is 0 Å². The first kappa shape index (κ1) is 19.9. The average molecular weight is 306 g/mol. The third-order valence-electron chi connectivity index (χ3n) is 2.65. The first-order valence-corrected chi connectivity index (χ1v) is 6.95. The molecule has 0 fully saturated rings. The molecule has 0 amide bonds. The van der Waals surface area contributed by atoms with E-state index < -0.39 is 5.97 Å². The van der Waals surface area contributed by atoms with Gasteiger partial charge in [-0.1, -0.05) is 99.1 Å². The third kappa shape index (κ3) is 9.43. The number of carboxylic acids is 1. The second-order valence-corrected chi connectivity index (χ2v) is 4.19. The summed E-state index contributed by atoms with van der Waals surface area (Å²) < 4.78 is 0. The molecule has 1 N–H and O–H groups in total. The summed E-state index contributed by atoms with van der Waals surface area (Å²) in [5.41, 5.74) is 3.45. The van der Waals surface area contributed by atoms with Crippen LogP contribution in [0.5, 0.6) is 0 Å². The smallest absolute Gasteiger partial charge is 0.327 e. The Bertz CT molecular complexity index is 613. The van der Waals surface area contributed by atoms with Crippen molar-refractivity contribution in [1.29, 1.82) is 0 Å². The molecule has 0 unspecified atom stereocenters. The summed E-state index contributed by atoms with van der Waals surface area (Å²) in [6.45, 7) is 14.0. The third-order valence-corrected chi connectivity index (χ3v) is 2.65. The molecule has 2 heteroatoms. The molecule has 0 aliphatic carbocycles. The Balaban J connectivity index is 0.000000335. The molecule has 0 saturated carbocycles. The molecule has 0 spiro atoms. The zero-order valence-corrected chi connectivity index (χ0v) is 13.2. The van der Waals surface area contributed by atoms with Gasteiger partial charge < -0.3 is 5.11 Å². The molecule has 118 valence electrons. The van der Waals surface area contributed by atoms with Crippen LogP contribution >= 0.6 is 0 Å². The molecule has 23 heavy (non-hydrogen) atoms. The molecule has 0 bridgehead atoms. The van der Waals surface area contributed by atoms with Gasteiger partial charge in [0.1, 0.15) is 0 Å². The van der Waals surface area contributed by atoms with E-state index in [1.165, 1.54) is 5.56 Å². The van der Waals surface area contributed by atoms with Crippen LogP contribution < -0.4 is 0 Å². The Morgan fingerprint density at radius 3 is 1.39 bits per heavy atom. The van der Waals surface area contributed by atoms with E-state index in [4.69, 9.17) is 5.11 Å². The summed E-state index contributed by atoms with van der Waals surface area (Å²) in [5, 5.41) is 7.60. The Kier molecular flexibility index (Phi) is 10.9. The minimum Gasteiger partial charge on any atom is -0.478 e. The van der Waals surface area contributed by atoms with Gasteiger partial charge in [-0.3, -0.25) is 0 Å². The lowest BCUT2D eigenvalue weighted by Gasteiger charge is -1.96. The predicted molar refractivity (Wildman–Crippen MR) is 101 cm³/mol. The standard InChI is InChI=1S/C10H10.C8H8.C3H4O2/c1-3-9-7-5-6-8-10(9)4-2;1-2-8-6-4-3-5-7-8;1-2-3(4)5/h3-8H,1-2H2;2-7H,1H2;2H,1H2,(H,4,5). The fourth-order valence-corrected chi connectivity index (χ4v) is 1.47. The number of aliphatic carboxylic acids is 1. The largest absolute Gasteiger partial charge is 0.478 e. The van der Waals surface area contributed by atoms with Crippen LogP contribution in [0, 0.1) is 0 Å². The van der Waals surface area contributed by atoms with Crippen molar-refractivity contribution in [3.05, 3.63) is 104 Å². The Morgan fingerprint density at radius 1 is 0.739 bits per heavy atom. The molecule has 2 rings (SSSR count). The van der Waals surface area contributed by atoms with Crippen LogP contribution in [0.2, 0.25) is 0 Å². The maximum Gasteiger partial charge on any atom is 0.327 e. The lowest BCUT2D eigenvalue weighted by atomic mass is 10.1. The fourth-order valence-electron chi connectivity index (χ4n) is 1.47. The highest BCUT2D eigenvalue weighted by Gasteiger charge is 1.89. The van der Waals surface area contributed by atoms with Gasteiger partial charge in [0.25, 0.3) is 0 Å². The van der Waals surface area contributed by atoms with E-state index in [0.717, 1.165) is 17.2 Å². The van der Waals surface area contributed by atoms with Crippen LogP contribution in [0.3, 0.4) is 0 Å². The summed E-state index contributed by atoms with van der Waals surface area (Å²) in [6, 6.07) is 18.0. The number of carboxylic acid groups (broad SMARTS) is 1. The molecule has 0 saturated heterocycles. The van der Waals surface area contributed by atoms with Crippen LogP contribution in [0.25, 0.3) is 18.2 Å². The number of hydrogen-bond acceptors (Lipinski definition) is 1. The Labute approximate surface area is 138 Å². The summed E-state index contributed by atoms with van der Waals surface area (Å²) in [6.07, 6.45) is 6.33. The van der Waals surface area contributed by atoms with Crippen molar-refractivity contribution < 1.29 is 9.90 Å². The number of benzene rings is 2. The van der Waals surface area contributed by atoms with Crippen LogP contribution in [0.15, 0.2) is 87.0 Å². The van der Waals surface area contributed by atoms with Gasteiger partial charge in [-0.2, -0.15) is 0 Å². The van der Waals surface area contributed by atoms with E-state index in [1.54, 1.807) is 0 Å². The van der Waals surface area contributed by atoms with Gasteiger partial charge in [-0.25, -0.2) is 4.79 Å². The quantitative estimate of drug-likeness (QED) is 0.751. The zero-order chi connectivity index (χ0) is 17.5. The number of rotatable bonds is 4. The van der Waals surface area contributed by atoms with Crippen molar-refractivity contribution >= 4 is 24.2 Å². The van der Waals surface area contributed by atoms with Gasteiger partial charge >= 0.3 is 5.97 Å². The van der Waals surface area contributed by atoms with E-state index in [1.807, 2.05) is 72.8 Å². The van der Waals surface area contributed by atoms with E-state index >= 15 is 0 Å². The normalized spacial score (nSPS) is 8.17. The van der Waals surface area contributed by atoms with E-state index in [-0.39, 0.29) is 0 Å². The average Bonchev–Trinajstić information content (AvgIpc) is 2.63. The zero-order valence-electron chi connectivity index (χ0n) is 13.2. The topological polar surface area (TPSA) is 37.3 Å². The van der Waals surface area contributed by atoms with Crippen LogP contribution in [-0.2, 0) is 4.79 Å². The monoisotopic (exact) mass is 306 g/mol. The van der Waals surface area contributed by atoms with Crippen LogP contribution in [0.4, 0.5) is 0 Å². The first-order valence-electron chi connectivity index (χ1n) is 6.95. The second-order valence-electron chi connectivity index (χ2n) is 4.19. The SMILES string of the molecule is C=CC(=O)O.C=Cc1ccccc1.C=Cc1ccccc1C=C. The van der Waals surface area contributed by atoms with Crippen LogP contribution in [0.1, 0.15) is 16.7 Å². The molecule has 2 aromatic rings. The maximum absolute atomic E-state index is 9.25. The second kappa shape index (κ2) is 12.6. The molecular formula is C21H22O2. The Morgan fingerprint density at radius 2 is 1.13 bits per heavy atom. The first-order chi connectivity index (χ1) is 11.1. The van der Waals surface area contributed by atoms with Gasteiger partial charge in [0.2, 0.25) is 0 Å². The maximum atomic E-state index is 9.25. The molecular weight excluding hydrogens is 284 g/mol. The molecule has 0 radical (unpaired) electrons. The van der Waals surface area contributed by atoms with Crippen LogP contribution in [-0.4, -0.2) is 11.1 Å². The van der Waals surface area contributed by atoms with Gasteiger partial charge in [0.05, 0.1) is 0 Å². The van der Waals surface area contributed by atoms with Gasteiger partial charge in [0.15, 0.2) is 0 Å². The lowest BCUT2D eigenvalue weighted by Crippen LogP contribution is -1.82.